The number of aromatic nitrogens is 2. The van der Waals surface area contributed by atoms with Gasteiger partial charge < -0.3 is 5.32 Å². The fraction of sp³-hybridized carbons (Fsp3) is 0.111. The number of aryl methyl sites for hydroxylation is 1. The normalized spacial score (nSPS) is 11.2. The average Bonchev–Trinajstić information content (AvgIpc) is 3.13. The lowest BCUT2D eigenvalue weighted by Crippen LogP contribution is -2.26. The van der Waals surface area contributed by atoms with Crippen molar-refractivity contribution in [3.05, 3.63) is 77.2 Å². The Balaban J connectivity index is 1.77. The quantitative estimate of drug-likeness (QED) is 0.604. The van der Waals surface area contributed by atoms with Crippen LogP contribution in [0.4, 0.5) is 10.1 Å². The summed E-state index contributed by atoms with van der Waals surface area (Å²) in [7, 11) is -4.05. The zero-order valence-corrected chi connectivity index (χ0v) is 15.2. The Labute approximate surface area is 155 Å². The molecule has 7 nitrogen and oxygen atoms in total. The molecule has 0 unspecified atom stereocenters. The number of carbonyl (C=O) groups excluding carboxylic acids is 1. The van der Waals surface area contributed by atoms with Crippen molar-refractivity contribution in [2.75, 3.05) is 4.72 Å². The number of H-pyrrole nitrogens is 1. The van der Waals surface area contributed by atoms with Gasteiger partial charge in [-0.2, -0.15) is 13.5 Å². The number of rotatable bonds is 6. The molecule has 1 amide bonds. The van der Waals surface area contributed by atoms with Crippen LogP contribution in [-0.2, 0) is 16.6 Å². The van der Waals surface area contributed by atoms with Crippen LogP contribution in [0.3, 0.4) is 0 Å². The van der Waals surface area contributed by atoms with Gasteiger partial charge in [0.1, 0.15) is 5.82 Å². The Morgan fingerprint density at radius 3 is 2.56 bits per heavy atom. The summed E-state index contributed by atoms with van der Waals surface area (Å²) in [6.45, 7) is 1.80. The summed E-state index contributed by atoms with van der Waals surface area (Å²) in [5.41, 5.74) is 1.46. The standard InChI is InChI=1S/C18H17FN4O3S/c1-12-6-8-14(9-7-12)23-27(25,26)18-15(11-21-22-18)17(24)20-10-13-4-2-3-5-16(13)19/h2-9,11,23H,10H2,1H3,(H,20,24)(H,21,22). The van der Waals surface area contributed by atoms with Gasteiger partial charge in [-0.25, -0.2) is 4.39 Å². The van der Waals surface area contributed by atoms with Crippen LogP contribution >= 0.6 is 0 Å². The number of carbonyl (C=O) groups is 1. The van der Waals surface area contributed by atoms with Gasteiger partial charge in [0.25, 0.3) is 15.9 Å². The van der Waals surface area contributed by atoms with Crippen molar-refractivity contribution in [2.45, 2.75) is 18.5 Å². The molecule has 2 aromatic carbocycles. The predicted molar refractivity (Wildman–Crippen MR) is 98.1 cm³/mol. The fourth-order valence-electron chi connectivity index (χ4n) is 2.38. The Morgan fingerprint density at radius 1 is 1.15 bits per heavy atom. The first-order valence-corrected chi connectivity index (χ1v) is 9.49. The number of benzene rings is 2. The molecule has 3 N–H and O–H groups in total. The van der Waals surface area contributed by atoms with E-state index in [9.17, 15) is 17.6 Å². The van der Waals surface area contributed by atoms with Gasteiger partial charge in [0, 0.05) is 17.8 Å². The summed E-state index contributed by atoms with van der Waals surface area (Å²) >= 11 is 0. The molecule has 0 radical (unpaired) electrons. The molecule has 1 aromatic heterocycles. The summed E-state index contributed by atoms with van der Waals surface area (Å²) in [6, 6.07) is 12.7. The molecule has 0 saturated carbocycles. The molecular weight excluding hydrogens is 371 g/mol. The number of hydrogen-bond acceptors (Lipinski definition) is 4. The maximum absolute atomic E-state index is 13.6. The maximum atomic E-state index is 13.6. The molecule has 3 rings (SSSR count). The SMILES string of the molecule is Cc1ccc(NS(=O)(=O)c2[nH]ncc2C(=O)NCc2ccccc2F)cc1. The Bertz CT molecular complexity index is 1060. The summed E-state index contributed by atoms with van der Waals surface area (Å²) in [5.74, 6) is -1.14. The van der Waals surface area contributed by atoms with Gasteiger partial charge in [-0.05, 0) is 25.1 Å². The van der Waals surface area contributed by atoms with E-state index in [2.05, 4.69) is 20.2 Å². The second kappa shape index (κ2) is 7.58. The van der Waals surface area contributed by atoms with Gasteiger partial charge >= 0.3 is 0 Å². The lowest BCUT2D eigenvalue weighted by atomic mass is 10.2. The highest BCUT2D eigenvalue weighted by Gasteiger charge is 2.25. The van der Waals surface area contributed by atoms with E-state index in [1.54, 1.807) is 30.3 Å². The molecule has 140 valence electrons. The molecule has 0 saturated heterocycles. The van der Waals surface area contributed by atoms with E-state index in [0.717, 1.165) is 11.8 Å². The molecule has 3 aromatic rings. The van der Waals surface area contributed by atoms with E-state index < -0.39 is 21.7 Å². The Hall–Kier alpha value is -3.20. The zero-order valence-electron chi connectivity index (χ0n) is 14.4. The summed E-state index contributed by atoms with van der Waals surface area (Å²) in [6.07, 6.45) is 1.11. The number of halogens is 1. The van der Waals surface area contributed by atoms with Crippen molar-refractivity contribution >= 4 is 21.6 Å². The largest absolute Gasteiger partial charge is 0.348 e. The van der Waals surface area contributed by atoms with Crippen LogP contribution in [0.15, 0.2) is 59.8 Å². The van der Waals surface area contributed by atoms with Crippen LogP contribution < -0.4 is 10.0 Å². The number of amides is 1. The number of nitrogens with one attached hydrogen (secondary N) is 3. The van der Waals surface area contributed by atoms with Crippen LogP contribution in [0.25, 0.3) is 0 Å². The first-order valence-electron chi connectivity index (χ1n) is 8.01. The van der Waals surface area contributed by atoms with Crippen LogP contribution in [0.2, 0.25) is 0 Å². The minimum atomic E-state index is -4.05. The lowest BCUT2D eigenvalue weighted by molar-refractivity contribution is 0.0947. The predicted octanol–water partition coefficient (Wildman–Crippen LogP) is 2.59. The summed E-state index contributed by atoms with van der Waals surface area (Å²) in [5, 5.41) is 8.12. The van der Waals surface area contributed by atoms with Crippen molar-refractivity contribution < 1.29 is 17.6 Å². The maximum Gasteiger partial charge on any atom is 0.279 e. The topological polar surface area (TPSA) is 104 Å². The second-order valence-corrected chi connectivity index (χ2v) is 7.48. The minimum Gasteiger partial charge on any atom is -0.348 e. The van der Waals surface area contributed by atoms with Crippen molar-refractivity contribution in [1.29, 1.82) is 0 Å². The van der Waals surface area contributed by atoms with Gasteiger partial charge in [-0.1, -0.05) is 35.9 Å². The molecule has 0 aliphatic heterocycles. The molecule has 0 aliphatic rings. The third kappa shape index (κ3) is 4.32. The van der Waals surface area contributed by atoms with Gasteiger partial charge in [-0.15, -0.1) is 0 Å². The third-order valence-electron chi connectivity index (χ3n) is 3.82. The molecule has 9 heteroatoms. The molecule has 0 atom stereocenters. The number of sulfonamides is 1. The van der Waals surface area contributed by atoms with E-state index in [0.29, 0.717) is 5.69 Å². The summed E-state index contributed by atoms with van der Waals surface area (Å²) in [4.78, 5) is 12.4. The Morgan fingerprint density at radius 2 is 1.85 bits per heavy atom. The highest BCUT2D eigenvalue weighted by atomic mass is 32.2. The number of anilines is 1. The second-order valence-electron chi connectivity index (χ2n) is 5.86. The van der Waals surface area contributed by atoms with Crippen molar-refractivity contribution in [3.8, 4) is 0 Å². The summed E-state index contributed by atoms with van der Waals surface area (Å²) < 4.78 is 41.2. The molecule has 0 spiro atoms. The van der Waals surface area contributed by atoms with Gasteiger partial charge in [0.05, 0.1) is 11.8 Å². The lowest BCUT2D eigenvalue weighted by Gasteiger charge is -2.09. The molecule has 27 heavy (non-hydrogen) atoms. The molecule has 1 heterocycles. The molecule has 0 bridgehead atoms. The van der Waals surface area contributed by atoms with Crippen LogP contribution in [-0.4, -0.2) is 24.5 Å². The highest BCUT2D eigenvalue weighted by Crippen LogP contribution is 2.18. The van der Waals surface area contributed by atoms with Crippen LogP contribution in [0.1, 0.15) is 21.5 Å². The molecule has 0 aliphatic carbocycles. The Kier molecular flexibility index (Phi) is 5.22. The van der Waals surface area contributed by atoms with Crippen LogP contribution in [0, 0.1) is 12.7 Å². The number of nitrogens with zero attached hydrogens (tertiary/aromatic N) is 1. The molecular formula is C18H17FN4O3S. The number of aromatic amines is 1. The van der Waals surface area contributed by atoms with E-state index >= 15 is 0 Å². The van der Waals surface area contributed by atoms with Gasteiger partial charge in [0.15, 0.2) is 5.03 Å². The smallest absolute Gasteiger partial charge is 0.279 e. The first kappa shape index (κ1) is 18.6. The highest BCUT2D eigenvalue weighted by molar-refractivity contribution is 7.92. The first-order chi connectivity index (χ1) is 12.9. The van der Waals surface area contributed by atoms with E-state index in [1.165, 1.54) is 18.2 Å². The van der Waals surface area contributed by atoms with E-state index in [1.807, 2.05) is 6.92 Å². The fourth-order valence-corrected chi connectivity index (χ4v) is 3.54. The zero-order chi connectivity index (χ0) is 19.4. The average molecular weight is 388 g/mol. The van der Waals surface area contributed by atoms with Crippen molar-refractivity contribution in [1.82, 2.24) is 15.5 Å². The van der Waals surface area contributed by atoms with Gasteiger partial charge in [-0.3, -0.25) is 14.6 Å². The minimum absolute atomic E-state index is 0.0818. The third-order valence-corrected chi connectivity index (χ3v) is 5.17. The van der Waals surface area contributed by atoms with Crippen molar-refractivity contribution in [2.24, 2.45) is 0 Å². The van der Waals surface area contributed by atoms with Gasteiger partial charge in [0.2, 0.25) is 0 Å². The monoisotopic (exact) mass is 388 g/mol. The van der Waals surface area contributed by atoms with Crippen LogP contribution in [0.5, 0.6) is 0 Å². The number of hydrogen-bond donors (Lipinski definition) is 3. The molecule has 0 fully saturated rings. The van der Waals surface area contributed by atoms with Crippen molar-refractivity contribution in [3.63, 3.8) is 0 Å². The van der Waals surface area contributed by atoms with E-state index in [4.69, 9.17) is 0 Å². The van der Waals surface area contributed by atoms with E-state index in [-0.39, 0.29) is 22.7 Å².